The molecule has 1 aromatic rings. The van der Waals surface area contributed by atoms with Gasteiger partial charge >= 0.3 is 0 Å². The molecule has 1 aromatic carbocycles. The number of rotatable bonds is 5. The van der Waals surface area contributed by atoms with E-state index in [0.717, 1.165) is 0 Å². The van der Waals surface area contributed by atoms with Gasteiger partial charge in [-0.15, -0.1) is 0 Å². The zero-order valence-electron chi connectivity index (χ0n) is 11.0. The maximum Gasteiger partial charge on any atom is 0.253 e. The number of nitrogens with two attached hydrogens (primary N) is 1. The Balaban J connectivity index is 2.82. The highest BCUT2D eigenvalue weighted by Gasteiger charge is 2.13. The van der Waals surface area contributed by atoms with Gasteiger partial charge in [0.15, 0.2) is 0 Å². The Morgan fingerprint density at radius 3 is 2.68 bits per heavy atom. The Bertz CT molecular complexity index is 475. The molecule has 0 bridgehead atoms. The third kappa shape index (κ3) is 4.89. The van der Waals surface area contributed by atoms with Crippen molar-refractivity contribution in [1.82, 2.24) is 5.32 Å². The van der Waals surface area contributed by atoms with Crippen molar-refractivity contribution in [3.05, 3.63) is 28.8 Å². The zero-order chi connectivity index (χ0) is 14.4. The smallest absolute Gasteiger partial charge is 0.253 e. The van der Waals surface area contributed by atoms with Gasteiger partial charge in [-0.25, -0.2) is 0 Å². The third-order valence-electron chi connectivity index (χ3n) is 2.55. The molecule has 1 atom stereocenters. The SMILES string of the molecule is CNC(=O)c1cc(Cl)ccc1NC(=O)CCC(C)N. The molecule has 0 aliphatic heterocycles. The molecule has 0 heterocycles. The van der Waals surface area contributed by atoms with E-state index in [9.17, 15) is 9.59 Å². The number of hydrogen-bond acceptors (Lipinski definition) is 3. The molecule has 0 saturated heterocycles. The summed E-state index contributed by atoms with van der Waals surface area (Å²) in [4.78, 5) is 23.4. The molecule has 2 amide bonds. The van der Waals surface area contributed by atoms with Crippen LogP contribution in [0.5, 0.6) is 0 Å². The highest BCUT2D eigenvalue weighted by molar-refractivity contribution is 6.31. The number of halogens is 1. The average Bonchev–Trinajstić information content (AvgIpc) is 2.37. The second kappa shape index (κ2) is 7.11. The van der Waals surface area contributed by atoms with Gasteiger partial charge in [0.25, 0.3) is 5.91 Å². The second-order valence-electron chi connectivity index (χ2n) is 4.33. The standard InChI is InChI=1S/C13H18ClN3O2/c1-8(15)3-6-12(18)17-11-5-4-9(14)7-10(11)13(19)16-2/h4-5,7-8H,3,6,15H2,1-2H3,(H,16,19)(H,17,18). The summed E-state index contributed by atoms with van der Waals surface area (Å²) < 4.78 is 0. The molecule has 19 heavy (non-hydrogen) atoms. The highest BCUT2D eigenvalue weighted by atomic mass is 35.5. The van der Waals surface area contributed by atoms with Gasteiger partial charge in [0.2, 0.25) is 5.91 Å². The van der Waals surface area contributed by atoms with Crippen molar-refractivity contribution in [1.29, 1.82) is 0 Å². The summed E-state index contributed by atoms with van der Waals surface area (Å²) in [5.74, 6) is -0.477. The van der Waals surface area contributed by atoms with Gasteiger partial charge in [0.05, 0.1) is 11.3 Å². The summed E-state index contributed by atoms with van der Waals surface area (Å²) in [7, 11) is 1.52. The molecular formula is C13H18ClN3O2. The number of benzene rings is 1. The number of nitrogens with one attached hydrogen (secondary N) is 2. The van der Waals surface area contributed by atoms with Crippen molar-refractivity contribution in [3.8, 4) is 0 Å². The molecule has 0 saturated carbocycles. The molecule has 0 aliphatic carbocycles. The highest BCUT2D eigenvalue weighted by Crippen LogP contribution is 2.21. The Hall–Kier alpha value is -1.59. The molecule has 0 aromatic heterocycles. The van der Waals surface area contributed by atoms with E-state index in [4.69, 9.17) is 17.3 Å². The van der Waals surface area contributed by atoms with E-state index in [1.807, 2.05) is 6.92 Å². The van der Waals surface area contributed by atoms with Crippen LogP contribution < -0.4 is 16.4 Å². The second-order valence-corrected chi connectivity index (χ2v) is 4.77. The fraction of sp³-hybridized carbons (Fsp3) is 0.385. The summed E-state index contributed by atoms with van der Waals surface area (Å²) in [5, 5.41) is 5.64. The van der Waals surface area contributed by atoms with Gasteiger partial charge in [-0.1, -0.05) is 11.6 Å². The van der Waals surface area contributed by atoms with Crippen LogP contribution in [-0.4, -0.2) is 24.9 Å². The molecule has 6 heteroatoms. The summed E-state index contributed by atoms with van der Waals surface area (Å²) in [5.41, 5.74) is 6.37. The molecule has 0 spiro atoms. The van der Waals surface area contributed by atoms with Crippen LogP contribution in [0.3, 0.4) is 0 Å². The minimum atomic E-state index is -0.301. The number of hydrogen-bond donors (Lipinski definition) is 3. The van der Waals surface area contributed by atoms with Crippen LogP contribution in [0.25, 0.3) is 0 Å². The fourth-order valence-corrected chi connectivity index (χ4v) is 1.69. The topological polar surface area (TPSA) is 84.2 Å². The lowest BCUT2D eigenvalue weighted by Gasteiger charge is -2.11. The van der Waals surface area contributed by atoms with Crippen LogP contribution in [-0.2, 0) is 4.79 Å². The molecule has 0 aliphatic rings. The molecule has 0 fully saturated rings. The van der Waals surface area contributed by atoms with E-state index >= 15 is 0 Å². The monoisotopic (exact) mass is 283 g/mol. The van der Waals surface area contributed by atoms with E-state index < -0.39 is 0 Å². The lowest BCUT2D eigenvalue weighted by atomic mass is 10.1. The van der Waals surface area contributed by atoms with Gasteiger partial charge in [-0.2, -0.15) is 0 Å². The van der Waals surface area contributed by atoms with Crippen LogP contribution in [0.15, 0.2) is 18.2 Å². The Labute approximate surface area is 117 Å². The Morgan fingerprint density at radius 1 is 1.42 bits per heavy atom. The van der Waals surface area contributed by atoms with Crippen LogP contribution >= 0.6 is 11.6 Å². The third-order valence-corrected chi connectivity index (χ3v) is 2.79. The lowest BCUT2D eigenvalue weighted by molar-refractivity contribution is -0.116. The van der Waals surface area contributed by atoms with E-state index in [-0.39, 0.29) is 17.9 Å². The molecule has 4 N–H and O–H groups in total. The van der Waals surface area contributed by atoms with Crippen LogP contribution in [0.1, 0.15) is 30.1 Å². The first kappa shape index (κ1) is 15.5. The predicted octanol–water partition coefficient (Wildman–Crippen LogP) is 1.77. The summed E-state index contributed by atoms with van der Waals surface area (Å²) in [6, 6.07) is 4.71. The van der Waals surface area contributed by atoms with E-state index in [2.05, 4.69) is 10.6 Å². The maximum atomic E-state index is 11.7. The van der Waals surface area contributed by atoms with Crippen molar-refractivity contribution < 1.29 is 9.59 Å². The van der Waals surface area contributed by atoms with Crippen molar-refractivity contribution >= 4 is 29.1 Å². The van der Waals surface area contributed by atoms with Gasteiger partial charge < -0.3 is 16.4 Å². The first-order valence-corrected chi connectivity index (χ1v) is 6.39. The normalized spacial score (nSPS) is 11.8. The first-order valence-electron chi connectivity index (χ1n) is 6.01. The van der Waals surface area contributed by atoms with Gasteiger partial charge in [0, 0.05) is 24.5 Å². The molecule has 5 nitrogen and oxygen atoms in total. The molecule has 1 unspecified atom stereocenters. The number of anilines is 1. The van der Waals surface area contributed by atoms with Crippen molar-refractivity contribution in [3.63, 3.8) is 0 Å². The number of carbonyl (C=O) groups is 2. The first-order chi connectivity index (χ1) is 8.93. The largest absolute Gasteiger partial charge is 0.355 e. The average molecular weight is 284 g/mol. The maximum absolute atomic E-state index is 11.7. The van der Waals surface area contributed by atoms with Crippen LogP contribution in [0.2, 0.25) is 5.02 Å². The predicted molar refractivity (Wildman–Crippen MR) is 76.4 cm³/mol. The molecular weight excluding hydrogens is 266 g/mol. The lowest BCUT2D eigenvalue weighted by Crippen LogP contribution is -2.23. The molecule has 0 radical (unpaired) electrons. The number of carbonyl (C=O) groups excluding carboxylic acids is 2. The van der Waals surface area contributed by atoms with Gasteiger partial charge in [0.1, 0.15) is 0 Å². The number of amides is 2. The molecule has 1 rings (SSSR count). The quantitative estimate of drug-likeness (QED) is 0.770. The zero-order valence-corrected chi connectivity index (χ0v) is 11.8. The summed E-state index contributed by atoms with van der Waals surface area (Å²) in [6.45, 7) is 1.84. The van der Waals surface area contributed by atoms with E-state index in [1.54, 1.807) is 12.1 Å². The van der Waals surface area contributed by atoms with E-state index in [1.165, 1.54) is 13.1 Å². The minimum Gasteiger partial charge on any atom is -0.355 e. The van der Waals surface area contributed by atoms with Crippen LogP contribution in [0.4, 0.5) is 5.69 Å². The van der Waals surface area contributed by atoms with Gasteiger partial charge in [-0.05, 0) is 31.5 Å². The van der Waals surface area contributed by atoms with Gasteiger partial charge in [-0.3, -0.25) is 9.59 Å². The fourth-order valence-electron chi connectivity index (χ4n) is 1.52. The van der Waals surface area contributed by atoms with Crippen molar-refractivity contribution in [2.45, 2.75) is 25.8 Å². The van der Waals surface area contributed by atoms with Crippen molar-refractivity contribution in [2.75, 3.05) is 12.4 Å². The molecule has 104 valence electrons. The minimum absolute atomic E-state index is 0.0330. The Kier molecular flexibility index (Phi) is 5.79. The Morgan fingerprint density at radius 2 is 2.11 bits per heavy atom. The van der Waals surface area contributed by atoms with Crippen LogP contribution in [0, 0.1) is 0 Å². The summed E-state index contributed by atoms with van der Waals surface area (Å²) in [6.07, 6.45) is 0.905. The van der Waals surface area contributed by atoms with Crippen molar-refractivity contribution in [2.24, 2.45) is 5.73 Å². The van der Waals surface area contributed by atoms with E-state index in [0.29, 0.717) is 29.1 Å². The summed E-state index contributed by atoms with van der Waals surface area (Å²) >= 11 is 5.85.